The van der Waals surface area contributed by atoms with Crippen molar-refractivity contribution < 1.29 is 4.74 Å². The van der Waals surface area contributed by atoms with Gasteiger partial charge in [0.25, 0.3) is 0 Å². The quantitative estimate of drug-likeness (QED) is 0.785. The number of benzene rings is 1. The van der Waals surface area contributed by atoms with Gasteiger partial charge in [0.15, 0.2) is 0 Å². The number of rotatable bonds is 6. The van der Waals surface area contributed by atoms with Gasteiger partial charge in [-0.15, -0.1) is 0 Å². The van der Waals surface area contributed by atoms with Crippen LogP contribution in [-0.2, 0) is 4.74 Å². The van der Waals surface area contributed by atoms with Crippen molar-refractivity contribution in [1.82, 2.24) is 5.43 Å². The standard InChI is InChI=1S/C14H20ClN3O/c1-13(2,19-4)9-14(3,10-16)18-17-12-7-5-11(15)6-8-12/h5-8,17-18H,9H2,1-4H3. The van der Waals surface area contributed by atoms with Crippen LogP contribution in [-0.4, -0.2) is 18.2 Å². The lowest BCUT2D eigenvalue weighted by atomic mass is 9.89. The van der Waals surface area contributed by atoms with Gasteiger partial charge in [-0.1, -0.05) is 11.6 Å². The molecule has 19 heavy (non-hydrogen) atoms. The van der Waals surface area contributed by atoms with Crippen molar-refractivity contribution in [2.75, 3.05) is 12.5 Å². The van der Waals surface area contributed by atoms with Crippen LogP contribution >= 0.6 is 11.6 Å². The molecule has 1 atom stereocenters. The lowest BCUT2D eigenvalue weighted by Crippen LogP contribution is -2.49. The van der Waals surface area contributed by atoms with Crippen molar-refractivity contribution in [3.8, 4) is 6.07 Å². The molecule has 0 aliphatic heterocycles. The molecule has 1 aromatic rings. The molecule has 0 aromatic heterocycles. The van der Waals surface area contributed by atoms with Crippen molar-refractivity contribution in [1.29, 1.82) is 5.26 Å². The first-order valence-electron chi connectivity index (χ1n) is 6.05. The van der Waals surface area contributed by atoms with E-state index in [0.29, 0.717) is 11.4 Å². The fourth-order valence-electron chi connectivity index (χ4n) is 1.78. The molecule has 104 valence electrons. The molecular formula is C14H20ClN3O. The van der Waals surface area contributed by atoms with Crippen LogP contribution in [0.4, 0.5) is 5.69 Å². The minimum absolute atomic E-state index is 0.376. The Labute approximate surface area is 119 Å². The number of hydrazine groups is 1. The number of methoxy groups -OCH3 is 1. The second kappa shape index (κ2) is 6.25. The predicted octanol–water partition coefficient (Wildman–Crippen LogP) is 3.35. The SMILES string of the molecule is COC(C)(C)CC(C)(C#N)NNc1ccc(Cl)cc1. The molecule has 5 heteroatoms. The van der Waals surface area contributed by atoms with E-state index in [9.17, 15) is 5.26 Å². The van der Waals surface area contributed by atoms with Gasteiger partial charge in [-0.2, -0.15) is 5.26 Å². The molecule has 0 saturated heterocycles. The van der Waals surface area contributed by atoms with Gasteiger partial charge >= 0.3 is 0 Å². The third kappa shape index (κ3) is 5.07. The Morgan fingerprint density at radius 3 is 2.32 bits per heavy atom. The molecule has 1 unspecified atom stereocenters. The zero-order valence-corrected chi connectivity index (χ0v) is 12.5. The molecule has 4 nitrogen and oxygen atoms in total. The summed E-state index contributed by atoms with van der Waals surface area (Å²) >= 11 is 5.82. The molecule has 0 spiro atoms. The molecule has 0 amide bonds. The second-order valence-electron chi connectivity index (χ2n) is 5.34. The Balaban J connectivity index is 2.66. The first-order valence-corrected chi connectivity index (χ1v) is 6.43. The predicted molar refractivity (Wildman–Crippen MR) is 77.9 cm³/mol. The van der Waals surface area contributed by atoms with Gasteiger partial charge in [0.2, 0.25) is 0 Å². The lowest BCUT2D eigenvalue weighted by molar-refractivity contribution is 0.00198. The number of ether oxygens (including phenoxy) is 1. The van der Waals surface area contributed by atoms with Crippen LogP contribution in [0.3, 0.4) is 0 Å². The Morgan fingerprint density at radius 1 is 1.26 bits per heavy atom. The molecule has 1 rings (SSSR count). The fraction of sp³-hybridized carbons (Fsp3) is 0.500. The maximum absolute atomic E-state index is 9.34. The number of nitriles is 1. The molecule has 0 fully saturated rings. The van der Waals surface area contributed by atoms with Crippen molar-refractivity contribution in [2.45, 2.75) is 38.3 Å². The zero-order valence-electron chi connectivity index (χ0n) is 11.7. The Hall–Kier alpha value is -1.28. The van der Waals surface area contributed by atoms with Crippen molar-refractivity contribution in [3.63, 3.8) is 0 Å². The Bertz CT molecular complexity index is 453. The maximum Gasteiger partial charge on any atom is 0.123 e. The first kappa shape index (κ1) is 15.8. The molecule has 0 heterocycles. The number of nitrogens with zero attached hydrogens (tertiary/aromatic N) is 1. The van der Waals surface area contributed by atoms with E-state index in [2.05, 4.69) is 16.9 Å². The summed E-state index contributed by atoms with van der Waals surface area (Å²) < 4.78 is 5.37. The van der Waals surface area contributed by atoms with Crippen LogP contribution in [0.1, 0.15) is 27.2 Å². The average Bonchev–Trinajstić information content (AvgIpc) is 2.38. The van der Waals surface area contributed by atoms with E-state index in [4.69, 9.17) is 16.3 Å². The Morgan fingerprint density at radius 2 is 1.84 bits per heavy atom. The summed E-state index contributed by atoms with van der Waals surface area (Å²) in [6.45, 7) is 5.73. The second-order valence-corrected chi connectivity index (χ2v) is 5.78. The third-order valence-electron chi connectivity index (χ3n) is 2.91. The van der Waals surface area contributed by atoms with Gasteiger partial charge < -0.3 is 10.2 Å². The minimum atomic E-state index is -0.737. The van der Waals surface area contributed by atoms with Gasteiger partial charge in [0.05, 0.1) is 11.7 Å². The van der Waals surface area contributed by atoms with E-state index in [1.54, 1.807) is 19.2 Å². The fourth-order valence-corrected chi connectivity index (χ4v) is 1.90. The summed E-state index contributed by atoms with van der Waals surface area (Å²) in [6, 6.07) is 9.53. The van der Waals surface area contributed by atoms with E-state index in [1.807, 2.05) is 32.9 Å². The van der Waals surface area contributed by atoms with Crippen molar-refractivity contribution in [2.24, 2.45) is 0 Å². The van der Waals surface area contributed by atoms with Crippen molar-refractivity contribution in [3.05, 3.63) is 29.3 Å². The van der Waals surface area contributed by atoms with Gasteiger partial charge in [-0.05, 0) is 45.0 Å². The maximum atomic E-state index is 9.34. The van der Waals surface area contributed by atoms with E-state index in [1.165, 1.54) is 0 Å². The number of anilines is 1. The van der Waals surface area contributed by atoms with E-state index in [0.717, 1.165) is 5.69 Å². The highest BCUT2D eigenvalue weighted by Gasteiger charge is 2.32. The molecule has 0 bridgehead atoms. The van der Waals surface area contributed by atoms with Gasteiger partial charge in [0, 0.05) is 24.2 Å². The van der Waals surface area contributed by atoms with Gasteiger partial charge in [0.1, 0.15) is 5.54 Å². The van der Waals surface area contributed by atoms with Crippen LogP contribution in [0.15, 0.2) is 24.3 Å². The molecule has 1 aromatic carbocycles. The molecule has 2 N–H and O–H groups in total. The highest BCUT2D eigenvalue weighted by Crippen LogP contribution is 2.23. The molecule has 0 aliphatic carbocycles. The summed E-state index contributed by atoms with van der Waals surface area (Å²) in [5, 5.41) is 10.0. The number of halogens is 1. The van der Waals surface area contributed by atoms with Crippen molar-refractivity contribution >= 4 is 17.3 Å². The number of hydrogen-bond acceptors (Lipinski definition) is 4. The van der Waals surface area contributed by atoms with Crippen LogP contribution < -0.4 is 10.9 Å². The minimum Gasteiger partial charge on any atom is -0.379 e. The monoisotopic (exact) mass is 281 g/mol. The summed E-state index contributed by atoms with van der Waals surface area (Å²) in [5.74, 6) is 0. The van der Waals surface area contributed by atoms with E-state index < -0.39 is 5.54 Å². The highest BCUT2D eigenvalue weighted by atomic mass is 35.5. The molecule has 0 saturated carbocycles. The summed E-state index contributed by atoms with van der Waals surface area (Å²) in [5.41, 5.74) is 5.80. The summed E-state index contributed by atoms with van der Waals surface area (Å²) in [6.07, 6.45) is 0.549. The summed E-state index contributed by atoms with van der Waals surface area (Å²) in [4.78, 5) is 0. The summed E-state index contributed by atoms with van der Waals surface area (Å²) in [7, 11) is 1.64. The van der Waals surface area contributed by atoms with Gasteiger partial charge in [-0.3, -0.25) is 0 Å². The first-order chi connectivity index (χ1) is 8.80. The molecule has 0 aliphatic rings. The molecule has 0 radical (unpaired) electrons. The normalized spacial score (nSPS) is 14.5. The highest BCUT2D eigenvalue weighted by molar-refractivity contribution is 6.30. The van der Waals surface area contributed by atoms with E-state index in [-0.39, 0.29) is 5.60 Å². The topological polar surface area (TPSA) is 57.1 Å². The van der Waals surface area contributed by atoms with Crippen LogP contribution in [0.5, 0.6) is 0 Å². The van der Waals surface area contributed by atoms with E-state index >= 15 is 0 Å². The van der Waals surface area contributed by atoms with Crippen LogP contribution in [0, 0.1) is 11.3 Å². The molecular weight excluding hydrogens is 262 g/mol. The van der Waals surface area contributed by atoms with Crippen LogP contribution in [0.25, 0.3) is 0 Å². The largest absolute Gasteiger partial charge is 0.379 e. The Kier molecular flexibility index (Phi) is 5.19. The van der Waals surface area contributed by atoms with Gasteiger partial charge in [-0.25, -0.2) is 5.43 Å². The lowest BCUT2D eigenvalue weighted by Gasteiger charge is -2.32. The zero-order chi connectivity index (χ0) is 14.5. The smallest absolute Gasteiger partial charge is 0.123 e. The third-order valence-corrected chi connectivity index (χ3v) is 3.16. The number of nitrogens with one attached hydrogen (secondary N) is 2. The number of hydrogen-bond donors (Lipinski definition) is 2. The van der Waals surface area contributed by atoms with Crippen LogP contribution in [0.2, 0.25) is 5.02 Å². The average molecular weight is 282 g/mol.